The van der Waals surface area contributed by atoms with Gasteiger partial charge in [0.15, 0.2) is 11.5 Å². The van der Waals surface area contributed by atoms with Crippen molar-refractivity contribution in [2.75, 3.05) is 26.6 Å². The zero-order valence-electron chi connectivity index (χ0n) is 14.6. The number of anilines is 2. The maximum absolute atomic E-state index is 5.43. The number of nitrogens with zero attached hydrogens (tertiary/aromatic N) is 5. The lowest BCUT2D eigenvalue weighted by atomic mass is 10.2. The van der Waals surface area contributed by atoms with Crippen LogP contribution >= 0.6 is 0 Å². The molecule has 1 aromatic heterocycles. The van der Waals surface area contributed by atoms with Crippen molar-refractivity contribution in [2.24, 2.45) is 5.10 Å². The molecule has 0 saturated heterocycles. The van der Waals surface area contributed by atoms with Gasteiger partial charge in [0.1, 0.15) is 0 Å². The number of para-hydroxylation sites is 1. The van der Waals surface area contributed by atoms with Crippen molar-refractivity contribution in [3.05, 3.63) is 48.0 Å². The lowest BCUT2D eigenvalue weighted by molar-refractivity contribution is 0.324. The predicted octanol–water partition coefficient (Wildman–Crippen LogP) is 2.32. The van der Waals surface area contributed by atoms with Crippen molar-refractivity contribution < 1.29 is 14.2 Å². The Kier molecular flexibility index (Phi) is 5.28. The normalized spacial score (nSPS) is 10.7. The van der Waals surface area contributed by atoms with E-state index in [9.17, 15) is 0 Å². The SMILES string of the molecule is COc1ccc(/C=N\n2nnnc2Nc2ccccc2)c(OC)c1OC. The van der Waals surface area contributed by atoms with Gasteiger partial charge in [-0.25, -0.2) is 0 Å². The van der Waals surface area contributed by atoms with E-state index in [1.165, 1.54) is 4.79 Å². The summed E-state index contributed by atoms with van der Waals surface area (Å²) in [7, 11) is 4.66. The minimum atomic E-state index is 0.381. The molecule has 0 aliphatic rings. The molecule has 0 radical (unpaired) electrons. The molecule has 3 rings (SSSR count). The number of aromatic nitrogens is 4. The highest BCUT2D eigenvalue weighted by Crippen LogP contribution is 2.39. The van der Waals surface area contributed by atoms with Crippen LogP contribution in [-0.2, 0) is 0 Å². The third-order valence-corrected chi connectivity index (χ3v) is 3.52. The molecule has 9 heteroatoms. The number of tetrazole rings is 1. The molecular formula is C17H18N6O3. The van der Waals surface area contributed by atoms with Crippen LogP contribution in [0.2, 0.25) is 0 Å². The summed E-state index contributed by atoms with van der Waals surface area (Å²) in [6.45, 7) is 0. The van der Waals surface area contributed by atoms with Crippen molar-refractivity contribution in [2.45, 2.75) is 0 Å². The highest BCUT2D eigenvalue weighted by molar-refractivity contribution is 5.86. The summed E-state index contributed by atoms with van der Waals surface area (Å²) in [5, 5.41) is 18.8. The number of ether oxygens (including phenoxy) is 3. The van der Waals surface area contributed by atoms with Crippen LogP contribution in [0.5, 0.6) is 17.2 Å². The van der Waals surface area contributed by atoms with Crippen LogP contribution in [-0.4, -0.2) is 47.9 Å². The molecule has 0 atom stereocenters. The number of rotatable bonds is 7. The Hall–Kier alpha value is -3.62. The molecule has 26 heavy (non-hydrogen) atoms. The van der Waals surface area contributed by atoms with E-state index in [-0.39, 0.29) is 0 Å². The second-order valence-corrected chi connectivity index (χ2v) is 5.05. The zero-order chi connectivity index (χ0) is 18.4. The van der Waals surface area contributed by atoms with Gasteiger partial charge in [-0.3, -0.25) is 0 Å². The van der Waals surface area contributed by atoms with Gasteiger partial charge in [-0.1, -0.05) is 28.1 Å². The fourth-order valence-electron chi connectivity index (χ4n) is 2.33. The van der Waals surface area contributed by atoms with E-state index in [2.05, 4.69) is 25.9 Å². The molecule has 1 heterocycles. The second-order valence-electron chi connectivity index (χ2n) is 5.05. The van der Waals surface area contributed by atoms with E-state index in [1.54, 1.807) is 39.7 Å². The van der Waals surface area contributed by atoms with Crippen LogP contribution in [0.15, 0.2) is 47.6 Å². The molecule has 2 aromatic carbocycles. The van der Waals surface area contributed by atoms with Crippen molar-refractivity contribution in [1.82, 2.24) is 20.3 Å². The van der Waals surface area contributed by atoms with Crippen molar-refractivity contribution in [3.63, 3.8) is 0 Å². The van der Waals surface area contributed by atoms with E-state index in [0.717, 1.165) is 5.69 Å². The van der Waals surface area contributed by atoms with Crippen LogP contribution in [0.3, 0.4) is 0 Å². The maximum Gasteiger partial charge on any atom is 0.269 e. The number of benzene rings is 2. The highest BCUT2D eigenvalue weighted by atomic mass is 16.5. The van der Waals surface area contributed by atoms with Gasteiger partial charge in [0, 0.05) is 11.3 Å². The summed E-state index contributed by atoms with van der Waals surface area (Å²) < 4.78 is 16.1. The molecule has 0 amide bonds. The minimum Gasteiger partial charge on any atom is -0.493 e. The number of nitrogens with one attached hydrogen (secondary N) is 1. The average molecular weight is 354 g/mol. The van der Waals surface area contributed by atoms with Gasteiger partial charge < -0.3 is 19.5 Å². The van der Waals surface area contributed by atoms with Gasteiger partial charge in [0.2, 0.25) is 5.75 Å². The smallest absolute Gasteiger partial charge is 0.269 e. The van der Waals surface area contributed by atoms with Crippen LogP contribution in [0.4, 0.5) is 11.6 Å². The molecule has 1 N–H and O–H groups in total. The minimum absolute atomic E-state index is 0.381. The Labute approximate surface area is 150 Å². The molecule has 0 spiro atoms. The number of methoxy groups -OCH3 is 3. The molecule has 3 aromatic rings. The molecule has 0 saturated carbocycles. The number of hydrogen-bond acceptors (Lipinski definition) is 8. The Morgan fingerprint density at radius 1 is 0.962 bits per heavy atom. The maximum atomic E-state index is 5.43. The molecule has 0 aliphatic carbocycles. The topological polar surface area (TPSA) is 95.7 Å². The standard InChI is InChI=1S/C17H18N6O3/c1-24-14-10-9-12(15(25-2)16(14)26-3)11-18-23-17(20-21-22-23)19-13-7-5-4-6-8-13/h4-11H,1-3H3,(H,19,20,22)/b18-11-. The Morgan fingerprint density at radius 3 is 2.42 bits per heavy atom. The Morgan fingerprint density at radius 2 is 1.73 bits per heavy atom. The van der Waals surface area contributed by atoms with Crippen LogP contribution in [0, 0.1) is 0 Å². The molecule has 0 fully saturated rings. The second kappa shape index (κ2) is 7.97. The first-order valence-corrected chi connectivity index (χ1v) is 7.70. The van der Waals surface area contributed by atoms with Gasteiger partial charge in [-0.2, -0.15) is 5.10 Å². The summed E-state index contributed by atoms with van der Waals surface area (Å²) in [6.07, 6.45) is 1.58. The lowest BCUT2D eigenvalue weighted by Gasteiger charge is -2.13. The van der Waals surface area contributed by atoms with E-state index in [1.807, 2.05) is 30.3 Å². The lowest BCUT2D eigenvalue weighted by Crippen LogP contribution is -2.02. The summed E-state index contributed by atoms with van der Waals surface area (Å²) >= 11 is 0. The molecular weight excluding hydrogens is 336 g/mol. The van der Waals surface area contributed by atoms with Gasteiger partial charge >= 0.3 is 0 Å². The van der Waals surface area contributed by atoms with Crippen LogP contribution in [0.1, 0.15) is 5.56 Å². The fraction of sp³-hybridized carbons (Fsp3) is 0.176. The highest BCUT2D eigenvalue weighted by Gasteiger charge is 2.15. The first-order chi connectivity index (χ1) is 12.8. The van der Waals surface area contributed by atoms with Crippen molar-refractivity contribution >= 4 is 17.9 Å². The molecule has 9 nitrogen and oxygen atoms in total. The van der Waals surface area contributed by atoms with Gasteiger partial charge in [-0.15, -0.1) is 0 Å². The fourth-order valence-corrected chi connectivity index (χ4v) is 2.33. The molecule has 0 bridgehead atoms. The zero-order valence-corrected chi connectivity index (χ0v) is 14.6. The Bertz CT molecular complexity index is 895. The average Bonchev–Trinajstić information content (AvgIpc) is 3.13. The predicted molar refractivity (Wildman–Crippen MR) is 96.6 cm³/mol. The summed E-state index contributed by atoms with van der Waals surface area (Å²) in [6, 6.07) is 13.1. The molecule has 134 valence electrons. The van der Waals surface area contributed by atoms with E-state index in [0.29, 0.717) is 28.8 Å². The van der Waals surface area contributed by atoms with Crippen molar-refractivity contribution in [3.8, 4) is 17.2 Å². The monoisotopic (exact) mass is 354 g/mol. The molecule has 0 aliphatic heterocycles. The van der Waals surface area contributed by atoms with Crippen LogP contribution < -0.4 is 19.5 Å². The van der Waals surface area contributed by atoms with E-state index >= 15 is 0 Å². The van der Waals surface area contributed by atoms with E-state index in [4.69, 9.17) is 14.2 Å². The van der Waals surface area contributed by atoms with E-state index < -0.39 is 0 Å². The Balaban J connectivity index is 1.88. The first kappa shape index (κ1) is 17.2. The van der Waals surface area contributed by atoms with Crippen molar-refractivity contribution in [1.29, 1.82) is 0 Å². The quantitative estimate of drug-likeness (QED) is 0.651. The van der Waals surface area contributed by atoms with Gasteiger partial charge in [0.05, 0.1) is 27.5 Å². The first-order valence-electron chi connectivity index (χ1n) is 7.70. The summed E-state index contributed by atoms with van der Waals surface area (Å²) in [4.78, 5) is 1.28. The van der Waals surface area contributed by atoms with Gasteiger partial charge in [-0.05, 0) is 34.7 Å². The molecule has 0 unspecified atom stereocenters. The van der Waals surface area contributed by atoms with Gasteiger partial charge in [0.25, 0.3) is 5.95 Å². The largest absolute Gasteiger partial charge is 0.493 e. The third-order valence-electron chi connectivity index (χ3n) is 3.52. The number of hydrogen-bond donors (Lipinski definition) is 1. The third kappa shape index (κ3) is 3.56. The summed E-state index contributed by atoms with van der Waals surface area (Å²) in [5.74, 6) is 1.93. The van der Waals surface area contributed by atoms with Crippen LogP contribution in [0.25, 0.3) is 0 Å². The summed E-state index contributed by atoms with van der Waals surface area (Å²) in [5.41, 5.74) is 1.54.